The van der Waals surface area contributed by atoms with Gasteiger partial charge in [-0.2, -0.15) is 13.2 Å². The van der Waals surface area contributed by atoms with Gasteiger partial charge in [-0.3, -0.25) is 4.98 Å². The van der Waals surface area contributed by atoms with E-state index in [4.69, 9.17) is 5.14 Å². The first-order valence-corrected chi connectivity index (χ1v) is 7.58. The highest BCUT2D eigenvalue weighted by Crippen LogP contribution is 2.30. The summed E-state index contributed by atoms with van der Waals surface area (Å²) in [6.45, 7) is 0.699. The van der Waals surface area contributed by atoms with Gasteiger partial charge < -0.3 is 4.90 Å². The number of alkyl halides is 3. The van der Waals surface area contributed by atoms with Gasteiger partial charge >= 0.3 is 6.18 Å². The SMILES string of the molecule is NS(=O)(=O)C1CCN(c2ccnc(C(F)(F)F)c2)CC1. The number of halogens is 3. The molecule has 0 spiro atoms. The third kappa shape index (κ3) is 3.40. The van der Waals surface area contributed by atoms with E-state index >= 15 is 0 Å². The number of sulfonamides is 1. The van der Waals surface area contributed by atoms with Crippen molar-refractivity contribution < 1.29 is 21.6 Å². The first-order chi connectivity index (χ1) is 9.18. The van der Waals surface area contributed by atoms with E-state index in [9.17, 15) is 21.6 Å². The second kappa shape index (κ2) is 5.21. The predicted octanol–water partition coefficient (Wildman–Crippen LogP) is 1.36. The van der Waals surface area contributed by atoms with Gasteiger partial charge in [0.05, 0.1) is 5.25 Å². The second-order valence-corrected chi connectivity index (χ2v) is 6.52. The van der Waals surface area contributed by atoms with E-state index in [0.717, 1.165) is 12.3 Å². The predicted molar refractivity (Wildman–Crippen MR) is 67.6 cm³/mol. The van der Waals surface area contributed by atoms with Gasteiger partial charge in [-0.05, 0) is 25.0 Å². The van der Waals surface area contributed by atoms with Crippen molar-refractivity contribution in [1.29, 1.82) is 0 Å². The van der Waals surface area contributed by atoms with Crippen molar-refractivity contribution in [3.05, 3.63) is 24.0 Å². The maximum absolute atomic E-state index is 12.6. The number of piperidine rings is 1. The Bertz CT molecular complexity index is 581. The molecule has 1 saturated heterocycles. The zero-order chi connectivity index (χ0) is 15.0. The zero-order valence-corrected chi connectivity index (χ0v) is 11.3. The molecule has 1 aromatic heterocycles. The minimum atomic E-state index is -4.49. The zero-order valence-electron chi connectivity index (χ0n) is 10.5. The molecule has 0 aromatic carbocycles. The van der Waals surface area contributed by atoms with Crippen LogP contribution in [0.5, 0.6) is 0 Å². The van der Waals surface area contributed by atoms with Crippen LogP contribution in [0.1, 0.15) is 18.5 Å². The summed E-state index contributed by atoms with van der Waals surface area (Å²) in [5, 5.41) is 4.45. The molecule has 0 bridgehead atoms. The van der Waals surface area contributed by atoms with Crippen LogP contribution in [0.4, 0.5) is 18.9 Å². The van der Waals surface area contributed by atoms with Gasteiger partial charge in [0.15, 0.2) is 0 Å². The first-order valence-electron chi connectivity index (χ1n) is 5.98. The van der Waals surface area contributed by atoms with Crippen molar-refractivity contribution in [2.24, 2.45) is 5.14 Å². The van der Waals surface area contributed by atoms with Crippen molar-refractivity contribution in [2.75, 3.05) is 18.0 Å². The minimum Gasteiger partial charge on any atom is -0.371 e. The third-order valence-corrected chi connectivity index (χ3v) is 4.71. The molecule has 1 aliphatic heterocycles. The Morgan fingerprint density at radius 3 is 2.40 bits per heavy atom. The van der Waals surface area contributed by atoms with Crippen LogP contribution < -0.4 is 10.0 Å². The fourth-order valence-electron chi connectivity index (χ4n) is 2.21. The molecular formula is C11H14F3N3O2S. The fraction of sp³-hybridized carbons (Fsp3) is 0.545. The van der Waals surface area contributed by atoms with Crippen LogP contribution in [0.15, 0.2) is 18.3 Å². The molecule has 9 heteroatoms. The van der Waals surface area contributed by atoms with Gasteiger partial charge in [0, 0.05) is 25.0 Å². The molecule has 1 fully saturated rings. The smallest absolute Gasteiger partial charge is 0.371 e. The van der Waals surface area contributed by atoms with Crippen LogP contribution in [0.25, 0.3) is 0 Å². The summed E-state index contributed by atoms with van der Waals surface area (Å²) in [6, 6.07) is 2.45. The van der Waals surface area contributed by atoms with Gasteiger partial charge in [-0.25, -0.2) is 13.6 Å². The Kier molecular flexibility index (Phi) is 3.92. The lowest BCUT2D eigenvalue weighted by molar-refractivity contribution is -0.141. The lowest BCUT2D eigenvalue weighted by Crippen LogP contribution is -2.41. The normalized spacial score (nSPS) is 18.3. The van der Waals surface area contributed by atoms with E-state index < -0.39 is 27.1 Å². The fourth-order valence-corrected chi connectivity index (χ4v) is 3.08. The van der Waals surface area contributed by atoms with Gasteiger partial charge in [-0.15, -0.1) is 0 Å². The Labute approximate surface area is 114 Å². The van der Waals surface area contributed by atoms with E-state index in [-0.39, 0.29) is 0 Å². The van der Waals surface area contributed by atoms with E-state index in [0.29, 0.717) is 31.6 Å². The standard InChI is InChI=1S/C11H14F3N3O2S/c12-11(13,14)10-7-8(1-4-16-10)17-5-2-9(3-6-17)20(15,18)19/h1,4,7,9H,2-3,5-6H2,(H2,15,18,19). The van der Waals surface area contributed by atoms with Crippen LogP contribution in [0.2, 0.25) is 0 Å². The van der Waals surface area contributed by atoms with E-state index in [1.807, 2.05) is 0 Å². The van der Waals surface area contributed by atoms with Gasteiger partial charge in [0.1, 0.15) is 5.69 Å². The highest BCUT2D eigenvalue weighted by Gasteiger charge is 2.33. The minimum absolute atomic E-state index is 0.308. The molecule has 0 amide bonds. The molecule has 1 aromatic rings. The number of nitrogens with two attached hydrogens (primary N) is 1. The molecule has 2 N–H and O–H groups in total. The molecular weight excluding hydrogens is 295 g/mol. The number of nitrogens with zero attached hydrogens (tertiary/aromatic N) is 2. The van der Waals surface area contributed by atoms with Crippen LogP contribution in [-0.4, -0.2) is 31.7 Å². The number of hydrogen-bond acceptors (Lipinski definition) is 4. The quantitative estimate of drug-likeness (QED) is 0.895. The molecule has 0 aliphatic carbocycles. The van der Waals surface area contributed by atoms with Crippen molar-refractivity contribution in [2.45, 2.75) is 24.3 Å². The molecule has 0 atom stereocenters. The largest absolute Gasteiger partial charge is 0.433 e. The first kappa shape index (κ1) is 15.0. The lowest BCUT2D eigenvalue weighted by Gasteiger charge is -2.32. The van der Waals surface area contributed by atoms with Gasteiger partial charge in [0.25, 0.3) is 0 Å². The molecule has 2 heterocycles. The van der Waals surface area contributed by atoms with Crippen LogP contribution in [0.3, 0.4) is 0 Å². The summed E-state index contributed by atoms with van der Waals surface area (Å²) < 4.78 is 60.2. The molecule has 112 valence electrons. The van der Waals surface area contributed by atoms with Crippen molar-refractivity contribution in [1.82, 2.24) is 4.98 Å². The highest BCUT2D eigenvalue weighted by molar-refractivity contribution is 7.89. The summed E-state index contributed by atoms with van der Waals surface area (Å²) in [5.74, 6) is 0. The summed E-state index contributed by atoms with van der Waals surface area (Å²) in [5.41, 5.74) is -0.566. The Morgan fingerprint density at radius 1 is 1.30 bits per heavy atom. The molecule has 0 unspecified atom stereocenters. The van der Waals surface area contributed by atoms with Crippen molar-refractivity contribution in [3.63, 3.8) is 0 Å². The van der Waals surface area contributed by atoms with Gasteiger partial charge in [0.2, 0.25) is 10.0 Å². The number of pyridine rings is 1. The van der Waals surface area contributed by atoms with Crippen LogP contribution in [0, 0.1) is 0 Å². The number of hydrogen-bond donors (Lipinski definition) is 1. The summed E-state index contributed by atoms with van der Waals surface area (Å²) in [7, 11) is -3.58. The van der Waals surface area contributed by atoms with Crippen molar-refractivity contribution >= 4 is 15.7 Å². The highest BCUT2D eigenvalue weighted by atomic mass is 32.2. The molecule has 2 rings (SSSR count). The Hall–Kier alpha value is -1.35. The Morgan fingerprint density at radius 2 is 1.90 bits per heavy atom. The lowest BCUT2D eigenvalue weighted by atomic mass is 10.1. The summed E-state index contributed by atoms with van der Waals surface area (Å²) >= 11 is 0. The van der Waals surface area contributed by atoms with Gasteiger partial charge in [-0.1, -0.05) is 0 Å². The van der Waals surface area contributed by atoms with Crippen LogP contribution >= 0.6 is 0 Å². The van der Waals surface area contributed by atoms with E-state index in [1.165, 1.54) is 6.07 Å². The molecule has 1 aliphatic rings. The van der Waals surface area contributed by atoms with E-state index in [1.54, 1.807) is 4.90 Å². The Balaban J connectivity index is 2.12. The molecule has 0 saturated carbocycles. The summed E-state index contributed by atoms with van der Waals surface area (Å²) in [6.07, 6.45) is -2.77. The average molecular weight is 309 g/mol. The maximum Gasteiger partial charge on any atom is 0.433 e. The monoisotopic (exact) mass is 309 g/mol. The number of primary sulfonamides is 1. The third-order valence-electron chi connectivity index (χ3n) is 3.31. The topological polar surface area (TPSA) is 76.3 Å². The van der Waals surface area contributed by atoms with Crippen molar-refractivity contribution in [3.8, 4) is 0 Å². The average Bonchev–Trinajstić information content (AvgIpc) is 2.37. The van der Waals surface area contributed by atoms with Crippen LogP contribution in [-0.2, 0) is 16.2 Å². The second-order valence-electron chi connectivity index (χ2n) is 4.67. The number of rotatable bonds is 2. The summed E-state index contributed by atoms with van der Waals surface area (Å²) in [4.78, 5) is 5.00. The number of aromatic nitrogens is 1. The van der Waals surface area contributed by atoms with E-state index in [2.05, 4.69) is 4.98 Å². The maximum atomic E-state index is 12.6. The molecule has 0 radical (unpaired) electrons. The molecule has 5 nitrogen and oxygen atoms in total. The molecule has 20 heavy (non-hydrogen) atoms. The number of anilines is 1.